The van der Waals surface area contributed by atoms with Crippen molar-refractivity contribution < 1.29 is 44.1 Å². The van der Waals surface area contributed by atoms with Crippen LogP contribution in [-0.2, 0) is 19.1 Å². The Morgan fingerprint density at radius 3 is 1.91 bits per heavy atom. The predicted octanol–water partition coefficient (Wildman–Crippen LogP) is 1.27. The predicted molar refractivity (Wildman–Crippen MR) is 60.4 cm³/mol. The van der Waals surface area contributed by atoms with E-state index in [2.05, 4.69) is 8.92 Å². The number of rotatable bonds is 5. The Kier molecular flexibility index (Phi) is 5.45. The summed E-state index contributed by atoms with van der Waals surface area (Å²) in [5.41, 5.74) is 0. The lowest BCUT2D eigenvalue weighted by atomic mass is 10.2. The Bertz CT molecular complexity index is 724. The van der Waals surface area contributed by atoms with Gasteiger partial charge in [0, 0.05) is 0 Å². The molecule has 0 aliphatic carbocycles. The molecule has 0 spiro atoms. The molecule has 0 aliphatic rings. The van der Waals surface area contributed by atoms with E-state index in [4.69, 9.17) is 6.42 Å². The summed E-state index contributed by atoms with van der Waals surface area (Å²) in [5.74, 6) is -15.5. The van der Waals surface area contributed by atoms with Crippen LogP contribution in [0.4, 0.5) is 22.0 Å². The van der Waals surface area contributed by atoms with Gasteiger partial charge in [-0.1, -0.05) is 5.92 Å². The van der Waals surface area contributed by atoms with Gasteiger partial charge in [0.05, 0.1) is 0 Å². The van der Waals surface area contributed by atoms with Gasteiger partial charge >= 0.3 is 5.97 Å². The van der Waals surface area contributed by atoms with E-state index in [-0.39, 0.29) is 0 Å². The van der Waals surface area contributed by atoms with Crippen molar-refractivity contribution in [2.75, 3.05) is 12.4 Å². The summed E-state index contributed by atoms with van der Waals surface area (Å²) < 4.78 is 95.0. The molecule has 11 heteroatoms. The summed E-state index contributed by atoms with van der Waals surface area (Å²) in [5, 5.41) is 0. The van der Waals surface area contributed by atoms with Crippen LogP contribution in [0.1, 0.15) is 0 Å². The van der Waals surface area contributed by atoms with E-state index < -0.39 is 63.3 Å². The van der Waals surface area contributed by atoms with Crippen LogP contribution in [0.15, 0.2) is 0 Å². The zero-order valence-electron chi connectivity index (χ0n) is 10.3. The fourth-order valence-electron chi connectivity index (χ4n) is 1.13. The number of carbonyl (C=O) groups excluding carboxylic acids is 1. The lowest BCUT2D eigenvalue weighted by Crippen LogP contribution is -2.24. The summed E-state index contributed by atoms with van der Waals surface area (Å²) in [6.07, 6.45) is 4.70. The lowest BCUT2D eigenvalue weighted by molar-refractivity contribution is -0.132. The van der Waals surface area contributed by atoms with Crippen molar-refractivity contribution in [3.63, 3.8) is 0 Å². The smallest absolute Gasteiger partial charge is 0.329 e. The molecule has 0 bridgehead atoms. The topological polar surface area (TPSA) is 69.7 Å². The Labute approximate surface area is 120 Å². The van der Waals surface area contributed by atoms with Gasteiger partial charge in [-0.25, -0.2) is 13.2 Å². The van der Waals surface area contributed by atoms with Gasteiger partial charge < -0.3 is 4.74 Å². The van der Waals surface area contributed by atoms with Crippen LogP contribution in [0.5, 0.6) is 5.75 Å². The first-order valence-electron chi connectivity index (χ1n) is 5.13. The molecule has 0 radical (unpaired) electrons. The Morgan fingerprint density at radius 2 is 1.45 bits per heavy atom. The minimum atomic E-state index is -4.54. The van der Waals surface area contributed by atoms with Gasteiger partial charge in [0.1, 0.15) is 6.61 Å². The first-order chi connectivity index (χ1) is 10.1. The Balaban J connectivity index is 3.02. The highest BCUT2D eigenvalue weighted by Gasteiger charge is 2.29. The standard InChI is InChI=1S/C11H5F5O5S/c1-2-3-20-22(18,19)4-5(17)21-11-9(15)7(13)6(12)8(14)10(11)16/h1H,3-4H2. The molecular formula is C11H5F5O5S. The summed E-state index contributed by atoms with van der Waals surface area (Å²) >= 11 is 0. The highest BCUT2D eigenvalue weighted by atomic mass is 32.2. The molecule has 1 aromatic carbocycles. The molecule has 1 rings (SSSR count). The molecular weight excluding hydrogens is 339 g/mol. The Hall–Kier alpha value is -2.19. The SMILES string of the molecule is C#CCOS(=O)(=O)CC(=O)Oc1c(F)c(F)c(F)c(F)c1F. The number of hydrogen-bond donors (Lipinski definition) is 0. The van der Waals surface area contributed by atoms with Crippen molar-refractivity contribution in [3.8, 4) is 18.1 Å². The summed E-state index contributed by atoms with van der Waals surface area (Å²) in [7, 11) is -4.54. The summed E-state index contributed by atoms with van der Waals surface area (Å²) in [6, 6.07) is 0. The molecule has 0 saturated heterocycles. The number of halogens is 5. The molecule has 0 heterocycles. The number of terminal acetylenes is 1. The second kappa shape index (κ2) is 6.71. The fourth-order valence-corrected chi connectivity index (χ4v) is 1.81. The quantitative estimate of drug-likeness (QED) is 0.153. The first kappa shape index (κ1) is 17.9. The van der Waals surface area contributed by atoms with Crippen molar-refractivity contribution in [3.05, 3.63) is 29.1 Å². The van der Waals surface area contributed by atoms with Gasteiger partial charge in [0.2, 0.25) is 34.8 Å². The van der Waals surface area contributed by atoms with Crippen molar-refractivity contribution in [2.45, 2.75) is 0 Å². The number of hydrogen-bond acceptors (Lipinski definition) is 5. The van der Waals surface area contributed by atoms with Crippen molar-refractivity contribution in [1.82, 2.24) is 0 Å². The number of benzene rings is 1. The lowest BCUT2D eigenvalue weighted by Gasteiger charge is -2.08. The zero-order chi connectivity index (χ0) is 17.1. The molecule has 5 nitrogen and oxygen atoms in total. The molecule has 22 heavy (non-hydrogen) atoms. The molecule has 1 aromatic rings. The van der Waals surface area contributed by atoms with Crippen molar-refractivity contribution in [1.29, 1.82) is 0 Å². The molecule has 0 N–H and O–H groups in total. The van der Waals surface area contributed by atoms with E-state index in [1.807, 2.05) is 0 Å². The van der Waals surface area contributed by atoms with Gasteiger partial charge in [0.15, 0.2) is 5.75 Å². The third kappa shape index (κ3) is 3.92. The van der Waals surface area contributed by atoms with E-state index in [0.717, 1.165) is 0 Å². The van der Waals surface area contributed by atoms with Crippen LogP contribution >= 0.6 is 0 Å². The van der Waals surface area contributed by atoms with E-state index in [0.29, 0.717) is 0 Å². The molecule has 0 aliphatic heterocycles. The number of carbonyl (C=O) groups is 1. The minimum absolute atomic E-state index is 0.724. The fraction of sp³-hybridized carbons (Fsp3) is 0.182. The van der Waals surface area contributed by atoms with Gasteiger partial charge in [-0.05, 0) is 0 Å². The second-order valence-electron chi connectivity index (χ2n) is 3.54. The Morgan fingerprint density at radius 1 is 1.00 bits per heavy atom. The highest BCUT2D eigenvalue weighted by Crippen LogP contribution is 2.29. The molecule has 0 amide bonds. The van der Waals surface area contributed by atoms with Gasteiger partial charge in [-0.3, -0.25) is 8.98 Å². The van der Waals surface area contributed by atoms with Gasteiger partial charge in [-0.15, -0.1) is 6.42 Å². The molecule has 0 saturated carbocycles. The maximum atomic E-state index is 13.2. The largest absolute Gasteiger partial charge is 0.419 e. The molecule has 0 fully saturated rings. The van der Waals surface area contributed by atoms with Gasteiger partial charge in [-0.2, -0.15) is 17.2 Å². The van der Waals surface area contributed by atoms with E-state index in [9.17, 15) is 35.2 Å². The van der Waals surface area contributed by atoms with Crippen LogP contribution in [0.3, 0.4) is 0 Å². The van der Waals surface area contributed by atoms with Gasteiger partial charge in [0.25, 0.3) is 10.1 Å². The third-order valence-electron chi connectivity index (χ3n) is 2.00. The summed E-state index contributed by atoms with van der Waals surface area (Å²) in [4.78, 5) is 11.2. The first-order valence-corrected chi connectivity index (χ1v) is 6.71. The van der Waals surface area contributed by atoms with Crippen molar-refractivity contribution >= 4 is 16.1 Å². The van der Waals surface area contributed by atoms with Crippen LogP contribution in [-0.4, -0.2) is 26.7 Å². The van der Waals surface area contributed by atoms with E-state index >= 15 is 0 Å². The average molecular weight is 344 g/mol. The maximum absolute atomic E-state index is 13.2. The van der Waals surface area contributed by atoms with Crippen molar-refractivity contribution in [2.24, 2.45) is 0 Å². The van der Waals surface area contributed by atoms with Crippen LogP contribution < -0.4 is 4.74 Å². The third-order valence-corrected chi connectivity index (χ3v) is 3.07. The maximum Gasteiger partial charge on any atom is 0.329 e. The number of esters is 1. The minimum Gasteiger partial charge on any atom is -0.419 e. The highest BCUT2D eigenvalue weighted by molar-refractivity contribution is 7.87. The van der Waals surface area contributed by atoms with Crippen LogP contribution in [0, 0.1) is 41.4 Å². The second-order valence-corrected chi connectivity index (χ2v) is 5.18. The van der Waals surface area contributed by atoms with Crippen LogP contribution in [0.2, 0.25) is 0 Å². The van der Waals surface area contributed by atoms with Crippen LogP contribution in [0.25, 0.3) is 0 Å². The molecule has 0 atom stereocenters. The normalized spacial score (nSPS) is 11.1. The summed E-state index contributed by atoms with van der Waals surface area (Å²) in [6.45, 7) is -0.724. The molecule has 0 aromatic heterocycles. The zero-order valence-corrected chi connectivity index (χ0v) is 11.1. The molecule has 120 valence electrons. The monoisotopic (exact) mass is 344 g/mol. The molecule has 0 unspecified atom stereocenters. The number of ether oxygens (including phenoxy) is 1. The van der Waals surface area contributed by atoms with E-state index in [1.165, 1.54) is 0 Å². The van der Waals surface area contributed by atoms with E-state index in [1.54, 1.807) is 5.92 Å². The average Bonchev–Trinajstić information content (AvgIpc) is 2.45.